The van der Waals surface area contributed by atoms with Crippen LogP contribution in [-0.2, 0) is 22.6 Å². The number of benzene rings is 2. The van der Waals surface area contributed by atoms with Crippen LogP contribution in [0, 0.1) is 13.8 Å². The van der Waals surface area contributed by atoms with Crippen molar-refractivity contribution in [2.45, 2.75) is 72.5 Å². The molecule has 0 bridgehead atoms. The lowest BCUT2D eigenvalue weighted by molar-refractivity contribution is -0.137. The predicted octanol–water partition coefficient (Wildman–Crippen LogP) is 5.25. The number of rotatable bonds is 11. The van der Waals surface area contributed by atoms with Crippen LogP contribution in [0.15, 0.2) is 55.0 Å². The van der Waals surface area contributed by atoms with E-state index in [-0.39, 0.29) is 24.3 Å². The third-order valence-corrected chi connectivity index (χ3v) is 6.89. The minimum absolute atomic E-state index is 0.0131. The van der Waals surface area contributed by atoms with Crippen LogP contribution in [0.25, 0.3) is 10.9 Å². The second-order valence-electron chi connectivity index (χ2n) is 10.7. The average Bonchev–Trinajstić information content (AvgIpc) is 3.45. The summed E-state index contributed by atoms with van der Waals surface area (Å²) in [5, 5.41) is 20.4. The average molecular weight is 544 g/mol. The Bertz CT molecular complexity index is 1550. The van der Waals surface area contributed by atoms with Crippen LogP contribution in [0.4, 0.5) is 5.69 Å². The number of aromatic nitrogens is 3. The fraction of sp³-hybridized carbons (Fsp3) is 0.355. The molecule has 2 amide bonds. The maximum atomic E-state index is 13.6. The number of aryl methyl sites for hydroxylation is 3. The molecule has 0 saturated carbocycles. The lowest BCUT2D eigenvalue weighted by atomic mass is 10.0. The Balaban J connectivity index is 1.61. The predicted molar refractivity (Wildman–Crippen MR) is 156 cm³/mol. The van der Waals surface area contributed by atoms with E-state index in [2.05, 4.69) is 15.7 Å². The van der Waals surface area contributed by atoms with Gasteiger partial charge in [-0.25, -0.2) is 0 Å². The number of amides is 2. The van der Waals surface area contributed by atoms with Crippen molar-refractivity contribution in [2.75, 3.05) is 5.32 Å². The molecule has 9 heteroatoms. The zero-order chi connectivity index (χ0) is 29.0. The molecule has 1 atom stereocenters. The quantitative estimate of drug-likeness (QED) is 0.239. The summed E-state index contributed by atoms with van der Waals surface area (Å²) >= 11 is 0. The Kier molecular flexibility index (Phi) is 8.72. The van der Waals surface area contributed by atoms with Crippen molar-refractivity contribution in [3.63, 3.8) is 0 Å². The summed E-state index contributed by atoms with van der Waals surface area (Å²) in [5.41, 5.74) is 5.92. The standard InChI is InChI=1S/C31H37N5O4/c1-19(2)33-31(40)25-11-12-26-21(4)17-36(28(26)14-25)22(5)30(39)34-27-13-23(18-35-16-20(3)15-32-35)9-10-24(27)7-6-8-29(37)38/h9-17,19,22H,6-8,18H2,1-5H3,(H,33,40)(H,34,39)(H,37,38)/t22-/m1/s1. The molecule has 9 nitrogen and oxygen atoms in total. The third-order valence-electron chi connectivity index (χ3n) is 6.89. The highest BCUT2D eigenvalue weighted by molar-refractivity contribution is 6.00. The molecule has 0 unspecified atom stereocenters. The van der Waals surface area contributed by atoms with Gasteiger partial charge < -0.3 is 20.3 Å². The maximum Gasteiger partial charge on any atom is 0.303 e. The second kappa shape index (κ2) is 12.2. The fourth-order valence-corrected chi connectivity index (χ4v) is 4.82. The molecule has 2 aromatic carbocycles. The highest BCUT2D eigenvalue weighted by Crippen LogP contribution is 2.28. The monoisotopic (exact) mass is 543 g/mol. The lowest BCUT2D eigenvalue weighted by Gasteiger charge is -2.18. The van der Waals surface area contributed by atoms with Gasteiger partial charge in [-0.15, -0.1) is 0 Å². The van der Waals surface area contributed by atoms with Crippen LogP contribution in [0.5, 0.6) is 0 Å². The van der Waals surface area contributed by atoms with Gasteiger partial charge in [0.15, 0.2) is 0 Å². The Morgan fingerprint density at radius 2 is 1.80 bits per heavy atom. The van der Waals surface area contributed by atoms with Gasteiger partial charge in [-0.2, -0.15) is 5.10 Å². The first-order valence-electron chi connectivity index (χ1n) is 13.6. The van der Waals surface area contributed by atoms with Crippen molar-refractivity contribution in [1.82, 2.24) is 19.7 Å². The Hall–Kier alpha value is -4.40. The highest BCUT2D eigenvalue weighted by Gasteiger charge is 2.21. The molecular weight excluding hydrogens is 506 g/mol. The number of carbonyl (C=O) groups is 3. The van der Waals surface area contributed by atoms with Crippen molar-refractivity contribution in [1.29, 1.82) is 0 Å². The van der Waals surface area contributed by atoms with Crippen molar-refractivity contribution in [2.24, 2.45) is 0 Å². The van der Waals surface area contributed by atoms with E-state index in [0.29, 0.717) is 30.6 Å². The summed E-state index contributed by atoms with van der Waals surface area (Å²) < 4.78 is 3.73. The molecule has 4 rings (SSSR count). The van der Waals surface area contributed by atoms with Crippen LogP contribution < -0.4 is 10.6 Å². The normalized spacial score (nSPS) is 12.1. The van der Waals surface area contributed by atoms with Crippen LogP contribution in [0.2, 0.25) is 0 Å². The molecule has 3 N–H and O–H groups in total. The van der Waals surface area contributed by atoms with Crippen molar-refractivity contribution in [3.8, 4) is 0 Å². The van der Waals surface area contributed by atoms with Crippen molar-refractivity contribution < 1.29 is 19.5 Å². The molecule has 0 fully saturated rings. The number of aliphatic carboxylic acids is 1. The molecule has 0 spiro atoms. The number of carboxylic acids is 1. The molecule has 4 aromatic rings. The number of hydrogen-bond acceptors (Lipinski definition) is 4. The van der Waals surface area contributed by atoms with Crippen LogP contribution >= 0.6 is 0 Å². The Labute approximate surface area is 234 Å². The number of hydrogen-bond donors (Lipinski definition) is 3. The number of carbonyl (C=O) groups excluding carboxylic acids is 2. The van der Waals surface area contributed by atoms with Gasteiger partial charge in [0.1, 0.15) is 6.04 Å². The summed E-state index contributed by atoms with van der Waals surface area (Å²) in [5.74, 6) is -1.21. The molecule has 0 aliphatic carbocycles. The molecule has 0 saturated heterocycles. The molecule has 0 aliphatic heterocycles. The van der Waals surface area contributed by atoms with Gasteiger partial charge in [0.2, 0.25) is 5.91 Å². The van der Waals surface area contributed by atoms with Crippen molar-refractivity contribution >= 4 is 34.4 Å². The van der Waals surface area contributed by atoms with Crippen LogP contribution in [0.1, 0.15) is 72.3 Å². The number of nitrogens with zero attached hydrogens (tertiary/aromatic N) is 3. The molecular formula is C31H37N5O4. The summed E-state index contributed by atoms with van der Waals surface area (Å²) in [6.45, 7) is 10.2. The van der Waals surface area contributed by atoms with Crippen molar-refractivity contribution in [3.05, 3.63) is 82.8 Å². The zero-order valence-electron chi connectivity index (χ0n) is 23.7. The topological polar surface area (TPSA) is 118 Å². The van der Waals surface area contributed by atoms with Gasteiger partial charge in [-0.05, 0) is 87.9 Å². The first kappa shape index (κ1) is 28.6. The summed E-state index contributed by atoms with van der Waals surface area (Å²) in [6, 6.07) is 10.9. The third kappa shape index (κ3) is 6.77. The van der Waals surface area contributed by atoms with E-state index >= 15 is 0 Å². The van der Waals surface area contributed by atoms with Gasteiger partial charge in [-0.1, -0.05) is 18.2 Å². The smallest absolute Gasteiger partial charge is 0.303 e. The minimum Gasteiger partial charge on any atom is -0.481 e. The molecule has 2 heterocycles. The van der Waals surface area contributed by atoms with Gasteiger partial charge >= 0.3 is 5.97 Å². The van der Waals surface area contributed by atoms with Gasteiger partial charge in [0, 0.05) is 47.0 Å². The number of anilines is 1. The highest BCUT2D eigenvalue weighted by atomic mass is 16.4. The lowest BCUT2D eigenvalue weighted by Crippen LogP contribution is -2.30. The Morgan fingerprint density at radius 3 is 2.48 bits per heavy atom. The molecule has 0 aliphatic rings. The van der Waals surface area contributed by atoms with E-state index in [1.807, 2.05) is 86.6 Å². The summed E-state index contributed by atoms with van der Waals surface area (Å²) in [4.78, 5) is 37.3. The SMILES string of the molecule is Cc1cnn(Cc2ccc(CCCC(=O)O)c(NC(=O)[C@@H](C)n3cc(C)c4ccc(C(=O)NC(C)C)cc43)c2)c1. The Morgan fingerprint density at radius 1 is 1.02 bits per heavy atom. The minimum atomic E-state index is -0.846. The van der Waals surface area contributed by atoms with E-state index in [0.717, 1.165) is 33.2 Å². The first-order valence-corrected chi connectivity index (χ1v) is 13.6. The largest absolute Gasteiger partial charge is 0.481 e. The van der Waals surface area contributed by atoms with E-state index in [1.54, 1.807) is 12.3 Å². The summed E-state index contributed by atoms with van der Waals surface area (Å²) in [6.07, 6.45) is 6.73. The molecule has 0 radical (unpaired) electrons. The van der Waals surface area contributed by atoms with Gasteiger partial charge in [-0.3, -0.25) is 19.1 Å². The molecule has 210 valence electrons. The zero-order valence-corrected chi connectivity index (χ0v) is 23.7. The number of fused-ring (bicyclic) bond motifs is 1. The number of carboxylic acid groups (broad SMARTS) is 1. The molecule has 2 aromatic heterocycles. The molecule has 40 heavy (non-hydrogen) atoms. The van der Waals surface area contributed by atoms with E-state index in [1.165, 1.54) is 0 Å². The fourth-order valence-electron chi connectivity index (χ4n) is 4.82. The van der Waals surface area contributed by atoms with Gasteiger partial charge in [0.25, 0.3) is 5.91 Å². The summed E-state index contributed by atoms with van der Waals surface area (Å²) in [7, 11) is 0. The van der Waals surface area contributed by atoms with Gasteiger partial charge in [0.05, 0.1) is 12.7 Å². The van der Waals surface area contributed by atoms with E-state index in [4.69, 9.17) is 5.11 Å². The van der Waals surface area contributed by atoms with E-state index in [9.17, 15) is 14.4 Å². The van der Waals surface area contributed by atoms with Crippen LogP contribution in [0.3, 0.4) is 0 Å². The second-order valence-corrected chi connectivity index (χ2v) is 10.7. The number of nitrogens with one attached hydrogen (secondary N) is 2. The first-order chi connectivity index (χ1) is 19.0. The van der Waals surface area contributed by atoms with E-state index < -0.39 is 12.0 Å². The maximum absolute atomic E-state index is 13.6. The van der Waals surface area contributed by atoms with Crippen LogP contribution in [-0.4, -0.2) is 43.3 Å².